The van der Waals surface area contributed by atoms with Crippen molar-refractivity contribution >= 4 is 23.0 Å². The van der Waals surface area contributed by atoms with Gasteiger partial charge >= 0.3 is 0 Å². The molecule has 20 heavy (non-hydrogen) atoms. The van der Waals surface area contributed by atoms with Crippen LogP contribution in [0.1, 0.15) is 18.9 Å². The fourth-order valence-corrected chi connectivity index (χ4v) is 2.15. The van der Waals surface area contributed by atoms with Gasteiger partial charge in [0, 0.05) is 37.2 Å². The average Bonchev–Trinajstić information content (AvgIpc) is 2.86. The molecule has 0 aliphatic heterocycles. The molecule has 5 nitrogen and oxygen atoms in total. The Balaban J connectivity index is 2.03. The van der Waals surface area contributed by atoms with Crippen LogP contribution in [0, 0.1) is 10.1 Å². The number of rotatable bonds is 6. The molecule has 1 aromatic heterocycles. The molecule has 2 aromatic rings. The molecule has 0 saturated carbocycles. The highest BCUT2D eigenvalue weighted by atomic mass is 35.5. The number of aryl methyl sites for hydroxylation is 1. The Morgan fingerprint density at radius 3 is 2.90 bits per heavy atom. The third kappa shape index (κ3) is 3.51. The lowest BCUT2D eigenvalue weighted by molar-refractivity contribution is -0.384. The lowest BCUT2D eigenvalue weighted by atomic mass is 10.2. The van der Waals surface area contributed by atoms with Crippen LogP contribution in [-0.2, 0) is 13.1 Å². The molecule has 0 radical (unpaired) electrons. The number of hydrogen-bond acceptors (Lipinski definition) is 3. The van der Waals surface area contributed by atoms with Crippen LogP contribution >= 0.6 is 11.6 Å². The summed E-state index contributed by atoms with van der Waals surface area (Å²) in [5.74, 6) is 0. The van der Waals surface area contributed by atoms with E-state index in [-0.39, 0.29) is 10.7 Å². The van der Waals surface area contributed by atoms with E-state index in [0.29, 0.717) is 12.2 Å². The number of anilines is 1. The summed E-state index contributed by atoms with van der Waals surface area (Å²) in [5, 5.41) is 14.1. The van der Waals surface area contributed by atoms with E-state index in [0.717, 1.165) is 18.5 Å². The van der Waals surface area contributed by atoms with Gasteiger partial charge in [-0.1, -0.05) is 18.5 Å². The smallest absolute Gasteiger partial charge is 0.289 e. The molecule has 2 rings (SSSR count). The highest BCUT2D eigenvalue weighted by molar-refractivity contribution is 6.32. The van der Waals surface area contributed by atoms with Crippen LogP contribution in [0.2, 0.25) is 5.02 Å². The van der Waals surface area contributed by atoms with Gasteiger partial charge in [0.2, 0.25) is 0 Å². The van der Waals surface area contributed by atoms with Crippen LogP contribution in [0.25, 0.3) is 0 Å². The van der Waals surface area contributed by atoms with Crippen LogP contribution in [0.15, 0.2) is 36.7 Å². The number of hydrogen-bond donors (Lipinski definition) is 1. The molecule has 106 valence electrons. The molecule has 0 saturated heterocycles. The van der Waals surface area contributed by atoms with Gasteiger partial charge in [0.05, 0.1) is 4.92 Å². The molecule has 0 atom stereocenters. The maximum Gasteiger partial charge on any atom is 0.289 e. The standard InChI is InChI=1S/C14H16ClN3O2/c1-2-6-17-7-5-11(10-17)9-16-12-3-4-13(15)14(8-12)18(19)20/h3-5,7-8,10,16H,2,6,9H2,1H3. The molecule has 1 heterocycles. The third-order valence-corrected chi connectivity index (χ3v) is 3.25. The van der Waals surface area contributed by atoms with Crippen LogP contribution < -0.4 is 5.32 Å². The second kappa shape index (κ2) is 6.43. The fraction of sp³-hybridized carbons (Fsp3) is 0.286. The lowest BCUT2D eigenvalue weighted by Crippen LogP contribution is -2.00. The van der Waals surface area contributed by atoms with Crippen molar-refractivity contribution in [3.05, 3.63) is 57.4 Å². The second-order valence-electron chi connectivity index (χ2n) is 4.53. The zero-order valence-electron chi connectivity index (χ0n) is 11.2. The number of nitrogens with one attached hydrogen (secondary N) is 1. The first-order valence-corrected chi connectivity index (χ1v) is 6.80. The van der Waals surface area contributed by atoms with Gasteiger partial charge in [0.25, 0.3) is 5.69 Å². The number of nitrogens with zero attached hydrogens (tertiary/aromatic N) is 2. The van der Waals surface area contributed by atoms with Gasteiger partial charge in [-0.25, -0.2) is 0 Å². The molecule has 0 aliphatic rings. The topological polar surface area (TPSA) is 60.1 Å². The van der Waals surface area contributed by atoms with Gasteiger partial charge in [-0.2, -0.15) is 0 Å². The Kier molecular flexibility index (Phi) is 4.63. The van der Waals surface area contributed by atoms with Crippen LogP contribution in [0.4, 0.5) is 11.4 Å². The molecule has 0 fully saturated rings. The van der Waals surface area contributed by atoms with E-state index in [1.807, 2.05) is 12.3 Å². The average molecular weight is 294 g/mol. The summed E-state index contributed by atoms with van der Waals surface area (Å²) in [6.45, 7) is 3.74. The van der Waals surface area contributed by atoms with Crippen molar-refractivity contribution in [1.82, 2.24) is 4.57 Å². The summed E-state index contributed by atoms with van der Waals surface area (Å²) >= 11 is 5.77. The monoisotopic (exact) mass is 293 g/mol. The molecular formula is C14H16ClN3O2. The van der Waals surface area contributed by atoms with Crippen molar-refractivity contribution in [3.8, 4) is 0 Å². The highest BCUT2D eigenvalue weighted by Crippen LogP contribution is 2.27. The number of benzene rings is 1. The summed E-state index contributed by atoms with van der Waals surface area (Å²) in [5.41, 5.74) is 1.74. The van der Waals surface area contributed by atoms with Gasteiger partial charge in [-0.05, 0) is 30.2 Å². The number of aromatic nitrogens is 1. The minimum atomic E-state index is -0.481. The fourth-order valence-electron chi connectivity index (χ4n) is 1.96. The summed E-state index contributed by atoms with van der Waals surface area (Å²) in [6.07, 6.45) is 5.19. The highest BCUT2D eigenvalue weighted by Gasteiger charge is 2.12. The van der Waals surface area contributed by atoms with Crippen molar-refractivity contribution < 1.29 is 4.92 Å². The largest absolute Gasteiger partial charge is 0.381 e. The van der Waals surface area contributed by atoms with Gasteiger partial charge in [-0.3, -0.25) is 10.1 Å². The Labute approximate surface area is 122 Å². The van der Waals surface area contributed by atoms with E-state index in [2.05, 4.69) is 23.0 Å². The number of nitro benzene ring substituents is 1. The van der Waals surface area contributed by atoms with Crippen LogP contribution in [0.5, 0.6) is 0 Å². The zero-order valence-corrected chi connectivity index (χ0v) is 11.9. The van der Waals surface area contributed by atoms with Gasteiger partial charge < -0.3 is 9.88 Å². The Bertz CT molecular complexity index is 610. The predicted molar refractivity (Wildman–Crippen MR) is 80.2 cm³/mol. The summed E-state index contributed by atoms with van der Waals surface area (Å²) < 4.78 is 2.13. The van der Waals surface area contributed by atoms with E-state index in [4.69, 9.17) is 11.6 Å². The maximum absolute atomic E-state index is 10.8. The van der Waals surface area contributed by atoms with E-state index < -0.39 is 4.92 Å². The molecule has 6 heteroatoms. The van der Waals surface area contributed by atoms with E-state index in [1.54, 1.807) is 6.07 Å². The van der Waals surface area contributed by atoms with Crippen molar-refractivity contribution in [2.45, 2.75) is 26.4 Å². The molecule has 1 N–H and O–H groups in total. The van der Waals surface area contributed by atoms with Crippen LogP contribution in [0.3, 0.4) is 0 Å². The molecule has 0 unspecified atom stereocenters. The normalized spacial score (nSPS) is 10.5. The molecule has 0 bridgehead atoms. The maximum atomic E-state index is 10.8. The van der Waals surface area contributed by atoms with Crippen molar-refractivity contribution in [3.63, 3.8) is 0 Å². The van der Waals surface area contributed by atoms with Gasteiger partial charge in [0.1, 0.15) is 5.02 Å². The zero-order chi connectivity index (χ0) is 14.5. The predicted octanol–water partition coefficient (Wildman–Crippen LogP) is 4.07. The minimum Gasteiger partial charge on any atom is -0.381 e. The molecule has 0 amide bonds. The second-order valence-corrected chi connectivity index (χ2v) is 4.94. The Morgan fingerprint density at radius 2 is 2.20 bits per heavy atom. The Morgan fingerprint density at radius 1 is 1.40 bits per heavy atom. The summed E-state index contributed by atoms with van der Waals surface area (Å²) in [4.78, 5) is 10.3. The SMILES string of the molecule is CCCn1ccc(CNc2ccc(Cl)c([N+](=O)[O-])c2)c1. The number of nitro groups is 1. The Hall–Kier alpha value is -2.01. The third-order valence-electron chi connectivity index (χ3n) is 2.93. The summed E-state index contributed by atoms with van der Waals surface area (Å²) in [6, 6.07) is 6.75. The molecule has 1 aromatic carbocycles. The van der Waals surface area contributed by atoms with E-state index in [1.165, 1.54) is 12.1 Å². The first kappa shape index (κ1) is 14.4. The quantitative estimate of drug-likeness (QED) is 0.645. The lowest BCUT2D eigenvalue weighted by Gasteiger charge is -2.05. The summed E-state index contributed by atoms with van der Waals surface area (Å²) in [7, 11) is 0. The first-order chi connectivity index (χ1) is 9.60. The van der Waals surface area contributed by atoms with E-state index in [9.17, 15) is 10.1 Å². The van der Waals surface area contributed by atoms with Crippen LogP contribution in [-0.4, -0.2) is 9.49 Å². The minimum absolute atomic E-state index is 0.0831. The molecule has 0 aliphatic carbocycles. The first-order valence-electron chi connectivity index (χ1n) is 6.42. The van der Waals surface area contributed by atoms with Crippen molar-refractivity contribution in [2.75, 3.05) is 5.32 Å². The van der Waals surface area contributed by atoms with Gasteiger partial charge in [0.15, 0.2) is 0 Å². The van der Waals surface area contributed by atoms with Gasteiger partial charge in [-0.15, -0.1) is 0 Å². The van der Waals surface area contributed by atoms with E-state index >= 15 is 0 Å². The molecular weight excluding hydrogens is 278 g/mol. The number of halogens is 1. The van der Waals surface area contributed by atoms with Crippen molar-refractivity contribution in [1.29, 1.82) is 0 Å². The molecule has 0 spiro atoms. The van der Waals surface area contributed by atoms with Crippen molar-refractivity contribution in [2.24, 2.45) is 0 Å².